The predicted octanol–water partition coefficient (Wildman–Crippen LogP) is 3.87. The van der Waals surface area contributed by atoms with Gasteiger partial charge in [-0.25, -0.2) is 4.39 Å². The van der Waals surface area contributed by atoms with E-state index in [1.54, 1.807) is 6.92 Å². The van der Waals surface area contributed by atoms with E-state index in [1.165, 1.54) is 0 Å². The molecule has 0 bridgehead atoms. The second-order valence-corrected chi connectivity index (χ2v) is 9.92. The fourth-order valence-electron chi connectivity index (χ4n) is 7.69. The van der Waals surface area contributed by atoms with E-state index in [4.69, 9.17) is 0 Å². The van der Waals surface area contributed by atoms with Crippen LogP contribution in [0.1, 0.15) is 72.1 Å². The van der Waals surface area contributed by atoms with Gasteiger partial charge >= 0.3 is 0 Å². The lowest BCUT2D eigenvalue weighted by atomic mass is 9.43. The molecule has 0 unspecified atom stereocenters. The first-order chi connectivity index (χ1) is 11.6. The number of hydrogen-bond acceptors (Lipinski definition) is 3. The first-order valence-corrected chi connectivity index (χ1v) is 10.0. The number of carbonyl (C=O) groups excluding carboxylic acids is 2. The van der Waals surface area contributed by atoms with Crippen molar-refractivity contribution >= 4 is 11.6 Å². The molecule has 0 aliphatic heterocycles. The van der Waals surface area contributed by atoms with Crippen molar-refractivity contribution in [1.82, 2.24) is 0 Å². The Balaban J connectivity index is 1.71. The normalized spacial score (nSPS) is 55.2. The van der Waals surface area contributed by atoms with Crippen molar-refractivity contribution in [3.8, 4) is 0 Å². The van der Waals surface area contributed by atoms with Crippen LogP contribution in [0.15, 0.2) is 0 Å². The fourth-order valence-corrected chi connectivity index (χ4v) is 7.69. The number of Topliss-reactive ketones (excluding diaryl/α,β-unsaturated/α-hetero) is 2. The van der Waals surface area contributed by atoms with Gasteiger partial charge < -0.3 is 5.11 Å². The average molecular weight is 350 g/mol. The zero-order chi connectivity index (χ0) is 18.2. The van der Waals surface area contributed by atoms with Gasteiger partial charge in [-0.2, -0.15) is 0 Å². The average Bonchev–Trinajstić information content (AvgIpc) is 2.88. The molecule has 4 fully saturated rings. The summed E-state index contributed by atoms with van der Waals surface area (Å²) in [6.45, 7) is 5.98. The summed E-state index contributed by atoms with van der Waals surface area (Å²) in [5.41, 5.74) is -2.02. The first kappa shape index (κ1) is 17.6. The van der Waals surface area contributed by atoms with E-state index in [-0.39, 0.29) is 41.2 Å². The molecule has 0 amide bonds. The highest BCUT2D eigenvalue weighted by atomic mass is 19.1. The molecule has 4 aliphatic carbocycles. The highest BCUT2D eigenvalue weighted by Gasteiger charge is 2.68. The Morgan fingerprint density at radius 2 is 1.88 bits per heavy atom. The summed E-state index contributed by atoms with van der Waals surface area (Å²) in [5.74, 6) is 1.26. The first-order valence-electron chi connectivity index (χ1n) is 10.0. The van der Waals surface area contributed by atoms with Crippen LogP contribution < -0.4 is 0 Å². The highest BCUT2D eigenvalue weighted by Crippen LogP contribution is 2.68. The summed E-state index contributed by atoms with van der Waals surface area (Å²) in [4.78, 5) is 24.1. The molecule has 4 heteroatoms. The van der Waals surface area contributed by atoms with Gasteiger partial charge in [0, 0.05) is 24.2 Å². The van der Waals surface area contributed by atoms with Gasteiger partial charge in [0.05, 0.1) is 0 Å². The van der Waals surface area contributed by atoms with Gasteiger partial charge in [-0.15, -0.1) is 0 Å². The maximum atomic E-state index is 15.3. The third-order valence-corrected chi connectivity index (χ3v) is 9.12. The van der Waals surface area contributed by atoms with Gasteiger partial charge in [0.15, 0.2) is 0 Å². The number of ketones is 2. The molecule has 1 N–H and O–H groups in total. The summed E-state index contributed by atoms with van der Waals surface area (Å²) in [7, 11) is 0. The molecule has 25 heavy (non-hydrogen) atoms. The van der Waals surface area contributed by atoms with Crippen LogP contribution in [0.5, 0.6) is 0 Å². The van der Waals surface area contributed by atoms with Crippen molar-refractivity contribution in [2.45, 2.75) is 83.9 Å². The topological polar surface area (TPSA) is 54.4 Å². The van der Waals surface area contributed by atoms with Crippen LogP contribution in [0.4, 0.5) is 4.39 Å². The SMILES string of the molecule is CC(=O)[C@@H]1CC[C@@H]2[C@@H]3C[C@H](F)[C@@]4(O)CC(=O)CC[C@]4(C)[C@@H]3CC[C@@]21C. The second-order valence-electron chi connectivity index (χ2n) is 9.92. The van der Waals surface area contributed by atoms with Crippen LogP contribution in [-0.2, 0) is 9.59 Å². The number of fused-ring (bicyclic) bond motifs is 5. The van der Waals surface area contributed by atoms with Crippen LogP contribution in [0.25, 0.3) is 0 Å². The molecule has 0 saturated heterocycles. The molecule has 0 aromatic heterocycles. The summed E-state index contributed by atoms with van der Waals surface area (Å²) >= 11 is 0. The van der Waals surface area contributed by atoms with E-state index in [2.05, 4.69) is 6.92 Å². The highest BCUT2D eigenvalue weighted by molar-refractivity contribution is 5.81. The Hall–Kier alpha value is -0.770. The molecule has 0 spiro atoms. The lowest BCUT2D eigenvalue weighted by Crippen LogP contribution is -2.67. The Morgan fingerprint density at radius 1 is 1.16 bits per heavy atom. The Morgan fingerprint density at radius 3 is 2.56 bits per heavy atom. The standard InChI is InChI=1S/C21H31FO3/c1-12(23)15-4-5-16-14-10-18(22)21(25)11-13(24)6-9-20(21,3)17(14)7-8-19(15,16)2/h14-18,25H,4-11H2,1-3H3/t14-,15-,16+,17+,18-,19+,20+,21-/m0/s1. The van der Waals surface area contributed by atoms with Crippen LogP contribution in [0.2, 0.25) is 0 Å². The summed E-state index contributed by atoms with van der Waals surface area (Å²) in [6, 6.07) is 0. The van der Waals surface area contributed by atoms with Crippen molar-refractivity contribution in [1.29, 1.82) is 0 Å². The molecule has 4 aliphatic rings. The molecule has 3 nitrogen and oxygen atoms in total. The number of alkyl halides is 1. The molecule has 0 heterocycles. The summed E-state index contributed by atoms with van der Waals surface area (Å²) in [6.07, 6.45) is 3.93. The predicted molar refractivity (Wildman–Crippen MR) is 92.6 cm³/mol. The number of hydrogen-bond donors (Lipinski definition) is 1. The van der Waals surface area contributed by atoms with Crippen molar-refractivity contribution in [2.24, 2.45) is 34.5 Å². The molecule has 4 rings (SSSR count). The van der Waals surface area contributed by atoms with Crippen molar-refractivity contribution < 1.29 is 19.1 Å². The largest absolute Gasteiger partial charge is 0.386 e. The molecular formula is C21H31FO3. The van der Waals surface area contributed by atoms with Gasteiger partial charge in [0.1, 0.15) is 23.3 Å². The Labute approximate surface area is 149 Å². The van der Waals surface area contributed by atoms with Crippen molar-refractivity contribution in [3.63, 3.8) is 0 Å². The fraction of sp³-hybridized carbons (Fsp3) is 0.905. The van der Waals surface area contributed by atoms with E-state index in [0.29, 0.717) is 25.2 Å². The van der Waals surface area contributed by atoms with Gasteiger partial charge in [-0.1, -0.05) is 13.8 Å². The van der Waals surface area contributed by atoms with Crippen LogP contribution >= 0.6 is 0 Å². The van der Waals surface area contributed by atoms with Crippen LogP contribution in [-0.4, -0.2) is 28.4 Å². The number of halogens is 1. The van der Waals surface area contributed by atoms with Crippen LogP contribution in [0, 0.1) is 34.5 Å². The molecule has 0 aromatic rings. The van der Waals surface area contributed by atoms with Gasteiger partial charge in [-0.3, -0.25) is 9.59 Å². The number of rotatable bonds is 1. The van der Waals surface area contributed by atoms with E-state index in [9.17, 15) is 14.7 Å². The molecule has 0 aromatic carbocycles. The summed E-state index contributed by atoms with van der Waals surface area (Å²) in [5, 5.41) is 11.2. The Bertz CT molecular complexity index is 618. The quantitative estimate of drug-likeness (QED) is 0.781. The minimum absolute atomic E-state index is 0.000710. The molecule has 140 valence electrons. The maximum Gasteiger partial charge on any atom is 0.135 e. The third kappa shape index (κ3) is 2.12. The van der Waals surface area contributed by atoms with Gasteiger partial charge in [0.2, 0.25) is 0 Å². The maximum absolute atomic E-state index is 15.3. The minimum Gasteiger partial charge on any atom is -0.386 e. The smallest absolute Gasteiger partial charge is 0.135 e. The number of carbonyl (C=O) groups is 2. The van der Waals surface area contributed by atoms with E-state index in [0.717, 1.165) is 25.7 Å². The van der Waals surface area contributed by atoms with E-state index in [1.807, 2.05) is 6.92 Å². The monoisotopic (exact) mass is 350 g/mol. The summed E-state index contributed by atoms with van der Waals surface area (Å²) < 4.78 is 15.3. The number of aliphatic hydroxyl groups is 1. The molecular weight excluding hydrogens is 319 g/mol. The zero-order valence-corrected chi connectivity index (χ0v) is 15.7. The van der Waals surface area contributed by atoms with E-state index < -0.39 is 17.2 Å². The zero-order valence-electron chi connectivity index (χ0n) is 15.7. The second kappa shape index (κ2) is 5.37. The lowest BCUT2D eigenvalue weighted by molar-refractivity contribution is -0.232. The molecule has 4 saturated carbocycles. The third-order valence-electron chi connectivity index (χ3n) is 9.12. The van der Waals surface area contributed by atoms with Gasteiger partial charge in [0.25, 0.3) is 0 Å². The molecule has 0 radical (unpaired) electrons. The van der Waals surface area contributed by atoms with E-state index >= 15 is 4.39 Å². The molecule has 8 atom stereocenters. The lowest BCUT2D eigenvalue weighted by Gasteiger charge is -2.63. The van der Waals surface area contributed by atoms with Crippen LogP contribution in [0.3, 0.4) is 0 Å². The van der Waals surface area contributed by atoms with Crippen molar-refractivity contribution in [2.75, 3.05) is 0 Å². The Kier molecular flexibility index (Phi) is 3.79. The van der Waals surface area contributed by atoms with Gasteiger partial charge in [-0.05, 0) is 68.6 Å². The van der Waals surface area contributed by atoms with Crippen molar-refractivity contribution in [3.05, 3.63) is 0 Å². The minimum atomic E-state index is -1.49.